The molecule has 19 heavy (non-hydrogen) atoms. The van der Waals surface area contributed by atoms with Crippen LogP contribution < -0.4 is 11.1 Å². The second-order valence-corrected chi connectivity index (χ2v) is 5.24. The topological polar surface area (TPSA) is 55.1 Å². The first-order valence-electron chi connectivity index (χ1n) is 5.94. The van der Waals surface area contributed by atoms with E-state index in [0.29, 0.717) is 16.6 Å². The van der Waals surface area contributed by atoms with Crippen LogP contribution in [0, 0.1) is 5.82 Å². The number of carbonyl (C=O) groups is 1. The number of nitrogens with two attached hydrogens (primary N) is 1. The number of hydrogen-bond acceptors (Lipinski definition) is 2. The van der Waals surface area contributed by atoms with Crippen LogP contribution in [0.2, 0.25) is 0 Å². The Bertz CT molecular complexity index is 439. The van der Waals surface area contributed by atoms with Gasteiger partial charge in [-0.05, 0) is 47.0 Å². The van der Waals surface area contributed by atoms with E-state index in [1.807, 2.05) is 13.8 Å². The van der Waals surface area contributed by atoms with Crippen molar-refractivity contribution in [2.75, 3.05) is 6.54 Å². The Kier molecular flexibility index (Phi) is 7.55. The average molecular weight is 354 g/mol. The highest BCUT2D eigenvalue weighted by atomic mass is 79.9. The van der Waals surface area contributed by atoms with Gasteiger partial charge in [-0.15, -0.1) is 12.4 Å². The Labute approximate surface area is 127 Å². The van der Waals surface area contributed by atoms with Crippen molar-refractivity contribution in [2.24, 2.45) is 5.73 Å². The lowest BCUT2D eigenvalue weighted by atomic mass is 9.94. The number of carbonyl (C=O) groups excluding carboxylic acids is 1. The summed E-state index contributed by atoms with van der Waals surface area (Å²) in [5.41, 5.74) is 5.98. The Morgan fingerprint density at radius 2 is 2.00 bits per heavy atom. The Balaban J connectivity index is 0.00000324. The van der Waals surface area contributed by atoms with Crippen LogP contribution in [0.5, 0.6) is 0 Å². The number of benzene rings is 1. The summed E-state index contributed by atoms with van der Waals surface area (Å²) in [6.07, 6.45) is 1.55. The lowest BCUT2D eigenvalue weighted by Crippen LogP contribution is -2.49. The minimum atomic E-state index is -0.451. The first-order valence-corrected chi connectivity index (χ1v) is 6.73. The van der Waals surface area contributed by atoms with Gasteiger partial charge in [-0.25, -0.2) is 4.39 Å². The predicted molar refractivity (Wildman–Crippen MR) is 81.2 cm³/mol. The van der Waals surface area contributed by atoms with Gasteiger partial charge in [-0.1, -0.05) is 13.8 Å². The summed E-state index contributed by atoms with van der Waals surface area (Å²) in [7, 11) is 0. The fourth-order valence-corrected chi connectivity index (χ4v) is 1.74. The molecule has 0 aliphatic rings. The van der Waals surface area contributed by atoms with Crippen LogP contribution in [0.15, 0.2) is 22.7 Å². The molecule has 0 saturated carbocycles. The molecule has 0 aliphatic carbocycles. The molecule has 0 atom stereocenters. The van der Waals surface area contributed by atoms with Gasteiger partial charge in [-0.2, -0.15) is 0 Å². The van der Waals surface area contributed by atoms with E-state index < -0.39 is 11.4 Å². The molecule has 0 saturated heterocycles. The monoisotopic (exact) mass is 352 g/mol. The molecule has 0 heterocycles. The molecule has 0 aliphatic heterocycles. The zero-order valence-electron chi connectivity index (χ0n) is 11.0. The van der Waals surface area contributed by atoms with Crippen molar-refractivity contribution in [1.82, 2.24) is 5.32 Å². The molecular formula is C13H19BrClFN2O. The second kappa shape index (κ2) is 7.82. The number of amides is 1. The number of hydrogen-bond donors (Lipinski definition) is 2. The van der Waals surface area contributed by atoms with E-state index in [1.165, 1.54) is 12.1 Å². The van der Waals surface area contributed by atoms with Gasteiger partial charge in [0.25, 0.3) is 5.91 Å². The lowest BCUT2D eigenvalue weighted by molar-refractivity contribution is 0.0941. The van der Waals surface area contributed by atoms with Crippen LogP contribution in [0.4, 0.5) is 4.39 Å². The highest BCUT2D eigenvalue weighted by Gasteiger charge is 2.21. The summed E-state index contributed by atoms with van der Waals surface area (Å²) < 4.78 is 13.6. The molecular weight excluding hydrogens is 335 g/mol. The van der Waals surface area contributed by atoms with Gasteiger partial charge in [0.1, 0.15) is 5.82 Å². The molecule has 6 heteroatoms. The Hall–Kier alpha value is -0.650. The molecule has 0 unspecified atom stereocenters. The van der Waals surface area contributed by atoms with Crippen molar-refractivity contribution >= 4 is 34.2 Å². The maximum Gasteiger partial charge on any atom is 0.251 e. The third kappa shape index (κ3) is 5.09. The normalized spacial score (nSPS) is 10.8. The van der Waals surface area contributed by atoms with Gasteiger partial charge in [0.15, 0.2) is 0 Å². The smallest absolute Gasteiger partial charge is 0.251 e. The van der Waals surface area contributed by atoms with Gasteiger partial charge in [0, 0.05) is 17.6 Å². The van der Waals surface area contributed by atoms with E-state index in [-0.39, 0.29) is 18.3 Å². The molecule has 1 amide bonds. The highest BCUT2D eigenvalue weighted by Crippen LogP contribution is 2.16. The fraction of sp³-hybridized carbons (Fsp3) is 0.462. The van der Waals surface area contributed by atoms with Crippen molar-refractivity contribution in [2.45, 2.75) is 32.2 Å². The molecule has 1 aromatic carbocycles. The van der Waals surface area contributed by atoms with E-state index in [0.717, 1.165) is 12.8 Å². The van der Waals surface area contributed by atoms with Crippen molar-refractivity contribution in [3.63, 3.8) is 0 Å². The number of rotatable bonds is 5. The third-order valence-electron chi connectivity index (χ3n) is 3.19. The molecule has 0 radical (unpaired) electrons. The second-order valence-electron chi connectivity index (χ2n) is 4.38. The molecule has 108 valence electrons. The molecule has 1 rings (SSSR count). The largest absolute Gasteiger partial charge is 0.350 e. The summed E-state index contributed by atoms with van der Waals surface area (Å²) in [6.45, 7) is 4.35. The molecule has 0 aromatic heterocycles. The number of halogens is 3. The van der Waals surface area contributed by atoms with Gasteiger partial charge in [0.05, 0.1) is 4.47 Å². The van der Waals surface area contributed by atoms with E-state index >= 15 is 0 Å². The first-order chi connectivity index (χ1) is 8.41. The zero-order valence-corrected chi connectivity index (χ0v) is 13.4. The van der Waals surface area contributed by atoms with Crippen LogP contribution in [-0.4, -0.2) is 18.0 Å². The minimum Gasteiger partial charge on any atom is -0.350 e. The van der Waals surface area contributed by atoms with E-state index in [9.17, 15) is 9.18 Å². The van der Waals surface area contributed by atoms with Crippen molar-refractivity contribution in [3.8, 4) is 0 Å². The fourth-order valence-electron chi connectivity index (χ4n) is 1.50. The molecule has 0 spiro atoms. The summed E-state index contributed by atoms with van der Waals surface area (Å²) in [5, 5.41) is 2.74. The first kappa shape index (κ1) is 18.4. The predicted octanol–water partition coefficient (Wildman–Crippen LogP) is 3.26. The van der Waals surface area contributed by atoms with Crippen molar-refractivity contribution in [3.05, 3.63) is 34.1 Å². The third-order valence-corrected chi connectivity index (χ3v) is 3.83. The summed E-state index contributed by atoms with van der Waals surface area (Å²) >= 11 is 3.04. The van der Waals surface area contributed by atoms with Gasteiger partial charge in [0.2, 0.25) is 0 Å². The standard InChI is InChI=1S/C13H18BrFN2O.ClH/c1-3-13(16,4-2)8-17-12(18)9-5-6-10(14)11(15)7-9;/h5-7H,3-4,8,16H2,1-2H3,(H,17,18);1H. The van der Waals surface area contributed by atoms with Gasteiger partial charge in [-0.3, -0.25) is 4.79 Å². The van der Waals surface area contributed by atoms with Crippen molar-refractivity contribution in [1.29, 1.82) is 0 Å². The highest BCUT2D eigenvalue weighted by molar-refractivity contribution is 9.10. The minimum absolute atomic E-state index is 0. The maximum absolute atomic E-state index is 13.3. The van der Waals surface area contributed by atoms with E-state index in [4.69, 9.17) is 5.73 Å². The average Bonchev–Trinajstić information content (AvgIpc) is 2.38. The van der Waals surface area contributed by atoms with E-state index in [1.54, 1.807) is 6.07 Å². The van der Waals surface area contributed by atoms with Crippen LogP contribution in [0.3, 0.4) is 0 Å². The lowest BCUT2D eigenvalue weighted by Gasteiger charge is -2.26. The van der Waals surface area contributed by atoms with Crippen molar-refractivity contribution < 1.29 is 9.18 Å². The SMILES string of the molecule is CCC(N)(CC)CNC(=O)c1ccc(Br)c(F)c1.Cl. The van der Waals surface area contributed by atoms with Gasteiger partial charge < -0.3 is 11.1 Å². The maximum atomic E-state index is 13.3. The van der Waals surface area contributed by atoms with Crippen LogP contribution >= 0.6 is 28.3 Å². The van der Waals surface area contributed by atoms with Crippen LogP contribution in [-0.2, 0) is 0 Å². The Morgan fingerprint density at radius 3 is 2.47 bits per heavy atom. The molecule has 1 aromatic rings. The zero-order chi connectivity index (χ0) is 13.8. The van der Waals surface area contributed by atoms with E-state index in [2.05, 4.69) is 21.2 Å². The van der Waals surface area contributed by atoms with Gasteiger partial charge >= 0.3 is 0 Å². The molecule has 0 fully saturated rings. The molecule has 3 nitrogen and oxygen atoms in total. The summed E-state index contributed by atoms with van der Waals surface area (Å²) in [6, 6.07) is 4.29. The quantitative estimate of drug-likeness (QED) is 0.853. The van der Waals surface area contributed by atoms with Crippen LogP contribution in [0.1, 0.15) is 37.0 Å². The van der Waals surface area contributed by atoms with Crippen LogP contribution in [0.25, 0.3) is 0 Å². The summed E-state index contributed by atoms with van der Waals surface area (Å²) in [4.78, 5) is 11.8. The molecule has 3 N–H and O–H groups in total. The summed E-state index contributed by atoms with van der Waals surface area (Å²) in [5.74, 6) is -0.759. The number of nitrogens with one attached hydrogen (secondary N) is 1. The molecule has 0 bridgehead atoms. The Morgan fingerprint density at radius 1 is 1.42 bits per heavy atom.